The van der Waals surface area contributed by atoms with Crippen molar-refractivity contribution in [3.8, 4) is 0 Å². The van der Waals surface area contributed by atoms with Crippen LogP contribution in [-0.4, -0.2) is 21.5 Å². The van der Waals surface area contributed by atoms with Gasteiger partial charge in [-0.15, -0.1) is 0 Å². The van der Waals surface area contributed by atoms with E-state index >= 15 is 0 Å². The lowest BCUT2D eigenvalue weighted by atomic mass is 10.1. The molecule has 0 saturated carbocycles. The molecule has 1 N–H and O–H groups in total. The van der Waals surface area contributed by atoms with Crippen LogP contribution in [-0.2, 0) is 6.42 Å². The minimum absolute atomic E-state index is 0.294. The van der Waals surface area contributed by atoms with E-state index in [0.29, 0.717) is 11.4 Å². The molecule has 1 rings (SSSR count). The molecule has 3 heteroatoms. The van der Waals surface area contributed by atoms with Gasteiger partial charge in [0.25, 0.3) is 0 Å². The van der Waals surface area contributed by atoms with E-state index in [1.54, 1.807) is 0 Å². The Bertz CT molecular complexity index is 291. The van der Waals surface area contributed by atoms with Gasteiger partial charge in [-0.25, -0.2) is 0 Å². The van der Waals surface area contributed by atoms with E-state index in [2.05, 4.69) is 27.0 Å². The summed E-state index contributed by atoms with van der Waals surface area (Å²) in [5.74, 6) is 0. The van der Waals surface area contributed by atoms with Gasteiger partial charge in [-0.05, 0) is 31.9 Å². The van der Waals surface area contributed by atoms with Crippen molar-refractivity contribution in [2.24, 2.45) is 0 Å². The first kappa shape index (κ1) is 12.7. The average Bonchev–Trinajstić information content (AvgIpc) is 2.18. The highest BCUT2D eigenvalue weighted by Gasteiger charge is 2.06. The third kappa shape index (κ3) is 5.28. The summed E-state index contributed by atoms with van der Waals surface area (Å²) in [5.41, 5.74) is 2.21. The van der Waals surface area contributed by atoms with E-state index < -0.39 is 0 Å². The summed E-state index contributed by atoms with van der Waals surface area (Å²) in [5, 5.41) is 8.68. The molecule has 0 aliphatic carbocycles. The Hall–Kier alpha value is -0.410. The van der Waals surface area contributed by atoms with E-state index in [1.807, 2.05) is 19.1 Å². The second-order valence-electron chi connectivity index (χ2n) is 3.79. The lowest BCUT2D eigenvalue weighted by Gasteiger charge is -2.08. The van der Waals surface area contributed by atoms with Crippen LogP contribution in [0.15, 0.2) is 18.2 Å². The number of nitrogens with zero attached hydrogens (tertiary/aromatic N) is 1. The monoisotopic (exact) mass is 271 g/mol. The standard InChI is InChI=1S/C12H18BrNO/c1-10-5-4-7-12(14-10)9-11(13)6-2-3-8-15/h4-5,7,11,15H,2-3,6,8-9H2,1H3. The Morgan fingerprint density at radius 2 is 2.20 bits per heavy atom. The van der Waals surface area contributed by atoms with Crippen molar-refractivity contribution in [2.45, 2.75) is 37.4 Å². The topological polar surface area (TPSA) is 33.1 Å². The van der Waals surface area contributed by atoms with Gasteiger partial charge in [0.2, 0.25) is 0 Å². The Labute approximate surface area is 99.9 Å². The molecule has 1 atom stereocenters. The molecule has 0 fully saturated rings. The molecule has 0 aromatic carbocycles. The second-order valence-corrected chi connectivity index (χ2v) is 5.09. The predicted octanol–water partition coefficient (Wildman–Crippen LogP) is 2.86. The van der Waals surface area contributed by atoms with Gasteiger partial charge in [-0.3, -0.25) is 4.98 Å². The molecular formula is C12H18BrNO. The first-order valence-electron chi connectivity index (χ1n) is 5.40. The quantitative estimate of drug-likeness (QED) is 0.638. The number of rotatable bonds is 6. The molecule has 1 aromatic rings. The highest BCUT2D eigenvalue weighted by Crippen LogP contribution is 2.15. The molecule has 0 amide bonds. The molecular weight excluding hydrogens is 254 g/mol. The maximum atomic E-state index is 8.68. The first-order valence-corrected chi connectivity index (χ1v) is 6.31. The molecule has 1 heterocycles. The Kier molecular flexibility index (Phi) is 5.88. The normalized spacial score (nSPS) is 12.7. The summed E-state index contributed by atoms with van der Waals surface area (Å²) in [6.45, 7) is 2.31. The Balaban J connectivity index is 2.34. The van der Waals surface area contributed by atoms with Crippen LogP contribution in [0.3, 0.4) is 0 Å². The van der Waals surface area contributed by atoms with Gasteiger partial charge in [0.1, 0.15) is 0 Å². The van der Waals surface area contributed by atoms with Gasteiger partial charge in [-0.1, -0.05) is 28.4 Å². The minimum Gasteiger partial charge on any atom is -0.396 e. The van der Waals surface area contributed by atoms with E-state index in [0.717, 1.165) is 37.1 Å². The van der Waals surface area contributed by atoms with Crippen LogP contribution in [0.1, 0.15) is 30.7 Å². The van der Waals surface area contributed by atoms with Crippen LogP contribution in [0.5, 0.6) is 0 Å². The average molecular weight is 272 g/mol. The van der Waals surface area contributed by atoms with Crippen LogP contribution >= 0.6 is 15.9 Å². The lowest BCUT2D eigenvalue weighted by molar-refractivity contribution is 0.283. The Morgan fingerprint density at radius 3 is 2.87 bits per heavy atom. The van der Waals surface area contributed by atoms with Crippen molar-refractivity contribution >= 4 is 15.9 Å². The van der Waals surface area contributed by atoms with Gasteiger partial charge in [0.15, 0.2) is 0 Å². The lowest BCUT2D eigenvalue weighted by Crippen LogP contribution is -2.05. The summed E-state index contributed by atoms with van der Waals surface area (Å²) < 4.78 is 0. The zero-order valence-electron chi connectivity index (χ0n) is 9.12. The van der Waals surface area contributed by atoms with Gasteiger partial charge >= 0.3 is 0 Å². The van der Waals surface area contributed by atoms with E-state index in [9.17, 15) is 0 Å². The first-order chi connectivity index (χ1) is 7.22. The molecule has 84 valence electrons. The summed E-state index contributed by atoms with van der Waals surface area (Å²) in [7, 11) is 0. The van der Waals surface area contributed by atoms with Gasteiger partial charge in [0.05, 0.1) is 0 Å². The van der Waals surface area contributed by atoms with Crippen LogP contribution < -0.4 is 0 Å². The number of hydrogen-bond donors (Lipinski definition) is 1. The molecule has 0 bridgehead atoms. The fourth-order valence-corrected chi connectivity index (χ4v) is 2.18. The summed E-state index contributed by atoms with van der Waals surface area (Å²) >= 11 is 3.65. The number of pyridine rings is 1. The number of hydrogen-bond acceptors (Lipinski definition) is 2. The molecule has 15 heavy (non-hydrogen) atoms. The third-order valence-corrected chi connectivity index (χ3v) is 3.08. The summed E-state index contributed by atoms with van der Waals surface area (Å²) in [6.07, 6.45) is 4.02. The van der Waals surface area contributed by atoms with E-state index in [4.69, 9.17) is 5.11 Å². The smallest absolute Gasteiger partial charge is 0.0431 e. The molecule has 2 nitrogen and oxygen atoms in total. The number of aryl methyl sites for hydroxylation is 1. The fourth-order valence-electron chi connectivity index (χ4n) is 1.52. The fraction of sp³-hybridized carbons (Fsp3) is 0.583. The molecule has 0 spiro atoms. The second kappa shape index (κ2) is 6.96. The maximum Gasteiger partial charge on any atom is 0.0431 e. The third-order valence-electron chi connectivity index (χ3n) is 2.30. The van der Waals surface area contributed by atoms with Crippen molar-refractivity contribution in [3.05, 3.63) is 29.6 Å². The van der Waals surface area contributed by atoms with Gasteiger partial charge in [0, 0.05) is 29.2 Å². The number of unbranched alkanes of at least 4 members (excludes halogenated alkanes) is 1. The number of halogens is 1. The van der Waals surface area contributed by atoms with Crippen molar-refractivity contribution in [3.63, 3.8) is 0 Å². The molecule has 1 unspecified atom stereocenters. The number of aliphatic hydroxyl groups excluding tert-OH is 1. The van der Waals surface area contributed by atoms with Gasteiger partial charge < -0.3 is 5.11 Å². The molecule has 0 aliphatic heterocycles. The highest BCUT2D eigenvalue weighted by molar-refractivity contribution is 9.09. The maximum absolute atomic E-state index is 8.68. The SMILES string of the molecule is Cc1cccc(CC(Br)CCCCO)n1. The summed E-state index contributed by atoms with van der Waals surface area (Å²) in [6, 6.07) is 6.12. The predicted molar refractivity (Wildman–Crippen MR) is 66.3 cm³/mol. The highest BCUT2D eigenvalue weighted by atomic mass is 79.9. The largest absolute Gasteiger partial charge is 0.396 e. The molecule has 0 saturated heterocycles. The van der Waals surface area contributed by atoms with Crippen molar-refractivity contribution in [2.75, 3.05) is 6.61 Å². The van der Waals surface area contributed by atoms with Crippen LogP contribution in [0, 0.1) is 6.92 Å². The van der Waals surface area contributed by atoms with Crippen molar-refractivity contribution < 1.29 is 5.11 Å². The molecule has 0 aliphatic rings. The number of aliphatic hydroxyl groups is 1. The zero-order valence-corrected chi connectivity index (χ0v) is 10.7. The van der Waals surface area contributed by atoms with E-state index in [-0.39, 0.29) is 0 Å². The zero-order chi connectivity index (χ0) is 11.1. The Morgan fingerprint density at radius 1 is 1.40 bits per heavy atom. The van der Waals surface area contributed by atoms with E-state index in [1.165, 1.54) is 0 Å². The van der Waals surface area contributed by atoms with Crippen LogP contribution in [0.2, 0.25) is 0 Å². The number of aromatic nitrogens is 1. The van der Waals surface area contributed by atoms with Crippen molar-refractivity contribution in [1.82, 2.24) is 4.98 Å². The molecule has 0 radical (unpaired) electrons. The minimum atomic E-state index is 0.294. The van der Waals surface area contributed by atoms with Gasteiger partial charge in [-0.2, -0.15) is 0 Å². The number of alkyl halides is 1. The van der Waals surface area contributed by atoms with Crippen LogP contribution in [0.4, 0.5) is 0 Å². The molecule has 1 aromatic heterocycles. The van der Waals surface area contributed by atoms with Crippen molar-refractivity contribution in [1.29, 1.82) is 0 Å². The van der Waals surface area contributed by atoms with Crippen LogP contribution in [0.25, 0.3) is 0 Å². The summed E-state index contributed by atoms with van der Waals surface area (Å²) in [4.78, 5) is 4.93.